The normalized spacial score (nSPS) is 16.0. The van der Waals surface area contributed by atoms with E-state index in [4.69, 9.17) is 16.5 Å². The van der Waals surface area contributed by atoms with Crippen LogP contribution in [0.3, 0.4) is 0 Å². The van der Waals surface area contributed by atoms with Crippen molar-refractivity contribution in [1.29, 1.82) is 0 Å². The first-order valence-corrected chi connectivity index (χ1v) is 9.91. The summed E-state index contributed by atoms with van der Waals surface area (Å²) in [5, 5.41) is 3.04. The summed E-state index contributed by atoms with van der Waals surface area (Å²) in [5.74, 6) is 1.02. The number of rotatable bonds is 3. The number of aromatic nitrogens is 1. The zero-order chi connectivity index (χ0) is 18.1. The van der Waals surface area contributed by atoms with Gasteiger partial charge < -0.3 is 16.4 Å². The average Bonchev–Trinajstić information content (AvgIpc) is 3.01. The van der Waals surface area contributed by atoms with Crippen molar-refractivity contribution in [1.82, 2.24) is 4.98 Å². The topological polar surface area (TPSA) is 68.2 Å². The standard InChI is InChI=1S/C21H24N4S/c1-14-3-2-4-15(11-14)5-6-16-12-19(25-9-7-17(22)8-10-25)24-21-20(16)18(23)13-26-21/h2-6,11-13,17H,7-10,22-23H2,1H3/b6-5+. The molecular weight excluding hydrogens is 340 g/mol. The van der Waals surface area contributed by atoms with Crippen molar-refractivity contribution in [3.05, 3.63) is 52.4 Å². The summed E-state index contributed by atoms with van der Waals surface area (Å²) in [5.41, 5.74) is 16.6. The molecule has 0 atom stereocenters. The SMILES string of the molecule is Cc1cccc(/C=C/c2cc(N3CCC(N)CC3)nc3scc(N)c23)c1. The van der Waals surface area contributed by atoms with E-state index in [1.54, 1.807) is 11.3 Å². The smallest absolute Gasteiger partial charge is 0.130 e. The van der Waals surface area contributed by atoms with Crippen LogP contribution in [0.1, 0.15) is 29.5 Å². The number of benzene rings is 1. The Labute approximate surface area is 158 Å². The number of nitrogens with two attached hydrogens (primary N) is 2. The number of nitrogen functional groups attached to an aromatic ring is 1. The first kappa shape index (κ1) is 17.1. The molecule has 1 saturated heterocycles. The van der Waals surface area contributed by atoms with Crippen LogP contribution in [-0.2, 0) is 0 Å². The lowest BCUT2D eigenvalue weighted by atomic mass is 10.0. The van der Waals surface area contributed by atoms with E-state index in [0.717, 1.165) is 53.2 Å². The summed E-state index contributed by atoms with van der Waals surface area (Å²) >= 11 is 1.61. The van der Waals surface area contributed by atoms with Crippen LogP contribution in [-0.4, -0.2) is 24.1 Å². The largest absolute Gasteiger partial charge is 0.397 e. The van der Waals surface area contributed by atoms with E-state index in [1.807, 2.05) is 5.38 Å². The molecule has 0 bridgehead atoms. The number of aryl methyl sites for hydroxylation is 1. The van der Waals surface area contributed by atoms with Gasteiger partial charge in [0.25, 0.3) is 0 Å². The highest BCUT2D eigenvalue weighted by atomic mass is 32.1. The fraction of sp³-hybridized carbons (Fsp3) is 0.286. The molecule has 3 aromatic rings. The van der Waals surface area contributed by atoms with Crippen LogP contribution in [0.5, 0.6) is 0 Å². The Balaban J connectivity index is 1.73. The van der Waals surface area contributed by atoms with Gasteiger partial charge in [0.15, 0.2) is 0 Å². The van der Waals surface area contributed by atoms with Gasteiger partial charge in [0.1, 0.15) is 10.6 Å². The fourth-order valence-corrected chi connectivity index (χ4v) is 4.32. The molecule has 3 heterocycles. The number of nitrogens with zero attached hydrogens (tertiary/aromatic N) is 2. The third-order valence-corrected chi connectivity index (χ3v) is 5.84. The van der Waals surface area contributed by atoms with Gasteiger partial charge in [-0.1, -0.05) is 42.0 Å². The Morgan fingerprint density at radius 3 is 2.77 bits per heavy atom. The van der Waals surface area contributed by atoms with Crippen LogP contribution in [0, 0.1) is 6.92 Å². The molecule has 4 rings (SSSR count). The molecule has 2 aromatic heterocycles. The zero-order valence-corrected chi connectivity index (χ0v) is 15.8. The molecule has 0 unspecified atom stereocenters. The summed E-state index contributed by atoms with van der Waals surface area (Å²) in [6.07, 6.45) is 6.33. The quantitative estimate of drug-likeness (QED) is 0.728. The Morgan fingerprint density at radius 2 is 2.00 bits per heavy atom. The lowest BCUT2D eigenvalue weighted by Crippen LogP contribution is -2.40. The lowest BCUT2D eigenvalue weighted by molar-refractivity contribution is 0.499. The van der Waals surface area contributed by atoms with E-state index >= 15 is 0 Å². The second-order valence-electron chi connectivity index (χ2n) is 7.01. The lowest BCUT2D eigenvalue weighted by Gasteiger charge is -2.31. The van der Waals surface area contributed by atoms with E-state index in [-0.39, 0.29) is 0 Å². The fourth-order valence-electron chi connectivity index (χ4n) is 3.46. The minimum absolute atomic E-state index is 0.313. The van der Waals surface area contributed by atoms with Crippen molar-refractivity contribution in [3.63, 3.8) is 0 Å². The van der Waals surface area contributed by atoms with Crippen LogP contribution in [0.4, 0.5) is 11.5 Å². The molecule has 0 radical (unpaired) electrons. The van der Waals surface area contributed by atoms with Crippen LogP contribution in [0.25, 0.3) is 22.4 Å². The summed E-state index contributed by atoms with van der Waals surface area (Å²) in [6, 6.07) is 11.0. The number of fused-ring (bicyclic) bond motifs is 1. The Morgan fingerprint density at radius 1 is 1.19 bits per heavy atom. The highest BCUT2D eigenvalue weighted by molar-refractivity contribution is 7.17. The molecule has 1 fully saturated rings. The van der Waals surface area contributed by atoms with Gasteiger partial charge in [0.05, 0.1) is 5.69 Å². The minimum atomic E-state index is 0.313. The predicted molar refractivity (Wildman–Crippen MR) is 114 cm³/mol. The number of hydrogen-bond donors (Lipinski definition) is 2. The van der Waals surface area contributed by atoms with Gasteiger partial charge in [0.2, 0.25) is 0 Å². The van der Waals surface area contributed by atoms with Crippen molar-refractivity contribution in [2.45, 2.75) is 25.8 Å². The molecule has 0 amide bonds. The summed E-state index contributed by atoms with van der Waals surface area (Å²) in [4.78, 5) is 8.20. The monoisotopic (exact) mass is 364 g/mol. The van der Waals surface area contributed by atoms with E-state index in [2.05, 4.69) is 54.3 Å². The first-order chi connectivity index (χ1) is 12.6. The Bertz CT molecular complexity index is 952. The van der Waals surface area contributed by atoms with E-state index in [9.17, 15) is 0 Å². The zero-order valence-electron chi connectivity index (χ0n) is 15.0. The highest BCUT2D eigenvalue weighted by Crippen LogP contribution is 2.34. The maximum atomic E-state index is 6.22. The number of thiophene rings is 1. The molecule has 134 valence electrons. The second-order valence-corrected chi connectivity index (χ2v) is 7.87. The van der Waals surface area contributed by atoms with Gasteiger partial charge in [-0.2, -0.15) is 0 Å². The molecule has 4 nitrogen and oxygen atoms in total. The minimum Gasteiger partial charge on any atom is -0.397 e. The van der Waals surface area contributed by atoms with Crippen molar-refractivity contribution in [2.75, 3.05) is 23.7 Å². The number of piperidine rings is 1. The molecule has 0 aliphatic carbocycles. The van der Waals surface area contributed by atoms with E-state index in [0.29, 0.717) is 6.04 Å². The van der Waals surface area contributed by atoms with Crippen LogP contribution < -0.4 is 16.4 Å². The second kappa shape index (κ2) is 7.09. The molecule has 5 heteroatoms. The summed E-state index contributed by atoms with van der Waals surface area (Å²) in [7, 11) is 0. The van der Waals surface area contributed by atoms with E-state index in [1.165, 1.54) is 11.1 Å². The molecule has 0 spiro atoms. The molecule has 1 aliphatic heterocycles. The highest BCUT2D eigenvalue weighted by Gasteiger charge is 2.19. The number of anilines is 2. The number of pyridine rings is 1. The summed E-state index contributed by atoms with van der Waals surface area (Å²) in [6.45, 7) is 4.03. The molecule has 1 aliphatic rings. The van der Waals surface area contributed by atoms with Crippen LogP contribution in [0.2, 0.25) is 0 Å². The summed E-state index contributed by atoms with van der Waals surface area (Å²) < 4.78 is 0. The van der Waals surface area contributed by atoms with Crippen molar-refractivity contribution < 1.29 is 0 Å². The van der Waals surface area contributed by atoms with Gasteiger partial charge in [-0.15, -0.1) is 11.3 Å². The van der Waals surface area contributed by atoms with Crippen molar-refractivity contribution >= 4 is 45.2 Å². The molecule has 0 saturated carbocycles. The number of hydrogen-bond acceptors (Lipinski definition) is 5. The van der Waals surface area contributed by atoms with Gasteiger partial charge in [-0.05, 0) is 37.0 Å². The third kappa shape index (κ3) is 3.45. The van der Waals surface area contributed by atoms with Crippen molar-refractivity contribution in [3.8, 4) is 0 Å². The molecule has 1 aromatic carbocycles. The van der Waals surface area contributed by atoms with Gasteiger partial charge in [-0.25, -0.2) is 4.98 Å². The van der Waals surface area contributed by atoms with Gasteiger partial charge >= 0.3 is 0 Å². The van der Waals surface area contributed by atoms with Gasteiger partial charge in [0, 0.05) is 29.9 Å². The Hall–Kier alpha value is -2.37. The predicted octanol–water partition coefficient (Wildman–Crippen LogP) is 4.28. The van der Waals surface area contributed by atoms with Crippen LogP contribution >= 0.6 is 11.3 Å². The van der Waals surface area contributed by atoms with Gasteiger partial charge in [-0.3, -0.25) is 0 Å². The molecular formula is C21H24N4S. The maximum absolute atomic E-state index is 6.22. The molecule has 26 heavy (non-hydrogen) atoms. The maximum Gasteiger partial charge on any atom is 0.130 e. The average molecular weight is 365 g/mol. The van der Waals surface area contributed by atoms with Crippen molar-refractivity contribution in [2.24, 2.45) is 5.73 Å². The molecule has 4 N–H and O–H groups in total. The Kier molecular flexibility index (Phi) is 4.66. The third-order valence-electron chi connectivity index (χ3n) is 4.95. The first-order valence-electron chi connectivity index (χ1n) is 9.03. The van der Waals surface area contributed by atoms with Crippen LogP contribution in [0.15, 0.2) is 35.7 Å². The van der Waals surface area contributed by atoms with E-state index < -0.39 is 0 Å².